The normalized spacial score (nSPS) is 12.1. The number of amides is 1. The maximum absolute atomic E-state index is 13.1. The zero-order valence-electron chi connectivity index (χ0n) is 19.2. The van der Waals surface area contributed by atoms with Crippen LogP contribution in [0.4, 0.5) is 0 Å². The highest BCUT2D eigenvalue weighted by atomic mass is 79.9. The van der Waals surface area contributed by atoms with Crippen LogP contribution in [-0.4, -0.2) is 55.8 Å². The fraction of sp³-hybridized carbons (Fsp3) is 0.545. The number of halogens is 2. The van der Waals surface area contributed by atoms with E-state index >= 15 is 0 Å². The molecule has 0 saturated carbocycles. The number of Topliss-reactive ketones (excluding diaryl/α,β-unsaturated/α-hetero) is 1. The molecule has 184 valence electrons. The van der Waals surface area contributed by atoms with E-state index in [1.54, 1.807) is 34.6 Å². The molecule has 3 N–H and O–H groups in total. The van der Waals surface area contributed by atoms with Crippen molar-refractivity contribution in [3.05, 3.63) is 29.3 Å². The maximum Gasteiger partial charge on any atom is 0.322 e. The number of ether oxygens (including phenoxy) is 2. The number of hydroxylamine groups is 1. The van der Waals surface area contributed by atoms with Gasteiger partial charge in [-0.25, -0.2) is 5.48 Å². The summed E-state index contributed by atoms with van der Waals surface area (Å²) in [5.74, 6) is -2.68. The molecule has 11 heteroatoms. The van der Waals surface area contributed by atoms with E-state index in [1.807, 2.05) is 0 Å². The molecule has 33 heavy (non-hydrogen) atoms. The quantitative estimate of drug-likeness (QED) is 0.153. The number of phenols is 1. The van der Waals surface area contributed by atoms with E-state index < -0.39 is 31.9 Å². The van der Waals surface area contributed by atoms with Gasteiger partial charge in [0.2, 0.25) is 0 Å². The van der Waals surface area contributed by atoms with Crippen LogP contribution in [-0.2, 0) is 30.3 Å². The zero-order valence-corrected chi connectivity index (χ0v) is 22.3. The maximum atomic E-state index is 13.1. The van der Waals surface area contributed by atoms with Gasteiger partial charge in [-0.1, -0.05) is 37.9 Å². The number of hydrogen-bond acceptors (Lipinski definition) is 8. The van der Waals surface area contributed by atoms with Crippen molar-refractivity contribution >= 4 is 55.5 Å². The molecule has 0 unspecified atom stereocenters. The number of esters is 2. The number of hydrogen-bond donors (Lipinski definition) is 3. The van der Waals surface area contributed by atoms with Crippen LogP contribution >= 0.6 is 31.9 Å². The second-order valence-corrected chi connectivity index (χ2v) is 12.8. The average Bonchev–Trinajstić information content (AvgIpc) is 2.72. The van der Waals surface area contributed by atoms with Crippen LogP contribution < -0.4 is 5.48 Å². The van der Waals surface area contributed by atoms with Crippen molar-refractivity contribution in [3.63, 3.8) is 0 Å². The summed E-state index contributed by atoms with van der Waals surface area (Å²) < 4.78 is 8.73. The Balaban J connectivity index is 2.98. The lowest BCUT2D eigenvalue weighted by Crippen LogP contribution is -2.42. The minimum Gasteiger partial charge on any atom is -0.507 e. The van der Waals surface area contributed by atoms with Crippen molar-refractivity contribution in [2.75, 3.05) is 13.2 Å². The van der Waals surface area contributed by atoms with Crippen LogP contribution in [0.2, 0.25) is 0 Å². The lowest BCUT2D eigenvalue weighted by molar-refractivity contribution is -0.158. The van der Waals surface area contributed by atoms with Gasteiger partial charge in [-0.2, -0.15) is 0 Å². The van der Waals surface area contributed by atoms with E-state index in [0.717, 1.165) is 0 Å². The Morgan fingerprint density at radius 2 is 1.42 bits per heavy atom. The first-order valence-corrected chi connectivity index (χ1v) is 11.6. The first-order chi connectivity index (χ1) is 15.0. The molecule has 0 bridgehead atoms. The standard InChI is InChI=1S/C22H29Br2NO8/c1-20(2,23)18(29)32-11-22(5,12-33-19(30)21(3,4)24)16(27)9-7-13-6-8-14(15(26)10-13)17(28)25-31/h6,8,10,26,31H,7,9,11-12H2,1-5H3,(H,25,28). The highest BCUT2D eigenvalue weighted by molar-refractivity contribution is 9.10. The average molecular weight is 595 g/mol. The highest BCUT2D eigenvalue weighted by Crippen LogP contribution is 2.27. The summed E-state index contributed by atoms with van der Waals surface area (Å²) in [7, 11) is 0. The summed E-state index contributed by atoms with van der Waals surface area (Å²) >= 11 is 6.41. The van der Waals surface area contributed by atoms with Crippen LogP contribution in [0, 0.1) is 5.41 Å². The molecule has 1 aromatic carbocycles. The van der Waals surface area contributed by atoms with E-state index in [2.05, 4.69) is 31.9 Å². The number of carbonyl (C=O) groups is 4. The second-order valence-electron chi connectivity index (χ2n) is 8.87. The topological polar surface area (TPSA) is 139 Å². The Hall–Kier alpha value is -1.98. The van der Waals surface area contributed by atoms with E-state index in [0.29, 0.717) is 5.56 Å². The summed E-state index contributed by atoms with van der Waals surface area (Å²) in [5.41, 5.74) is 0.577. The van der Waals surface area contributed by atoms with Crippen LogP contribution in [0.5, 0.6) is 5.75 Å². The lowest BCUT2D eigenvalue weighted by atomic mass is 9.84. The Bertz CT molecular complexity index is 873. The molecule has 1 aromatic rings. The molecule has 0 aliphatic heterocycles. The van der Waals surface area contributed by atoms with Gasteiger partial charge in [-0.05, 0) is 58.7 Å². The van der Waals surface area contributed by atoms with E-state index in [4.69, 9.17) is 14.7 Å². The van der Waals surface area contributed by atoms with Crippen LogP contribution in [0.3, 0.4) is 0 Å². The first kappa shape index (κ1) is 29.1. The van der Waals surface area contributed by atoms with Crippen molar-refractivity contribution in [3.8, 4) is 5.75 Å². The van der Waals surface area contributed by atoms with E-state index in [9.17, 15) is 24.3 Å². The van der Waals surface area contributed by atoms with Gasteiger partial charge >= 0.3 is 11.9 Å². The minimum absolute atomic E-state index is 0.00794. The Morgan fingerprint density at radius 3 is 1.82 bits per heavy atom. The van der Waals surface area contributed by atoms with Crippen molar-refractivity contribution < 1.29 is 39.0 Å². The third-order valence-electron chi connectivity index (χ3n) is 4.74. The monoisotopic (exact) mass is 593 g/mol. The van der Waals surface area contributed by atoms with Crippen LogP contribution in [0.25, 0.3) is 0 Å². The Morgan fingerprint density at radius 1 is 0.939 bits per heavy atom. The number of ketones is 1. The number of phenolic OH excluding ortho intramolecular Hbond substituents is 1. The highest BCUT2D eigenvalue weighted by Gasteiger charge is 2.39. The Kier molecular flexibility index (Phi) is 10.1. The fourth-order valence-electron chi connectivity index (χ4n) is 2.54. The predicted molar refractivity (Wildman–Crippen MR) is 127 cm³/mol. The van der Waals surface area contributed by atoms with Crippen molar-refractivity contribution in [1.29, 1.82) is 0 Å². The van der Waals surface area contributed by atoms with Crippen molar-refractivity contribution in [2.45, 2.75) is 56.1 Å². The van der Waals surface area contributed by atoms with E-state index in [-0.39, 0.29) is 43.2 Å². The third kappa shape index (κ3) is 8.71. The molecule has 0 radical (unpaired) electrons. The Labute approximate surface area is 209 Å². The van der Waals surface area contributed by atoms with Crippen molar-refractivity contribution in [2.24, 2.45) is 5.41 Å². The summed E-state index contributed by atoms with van der Waals surface area (Å²) in [5, 5.41) is 18.7. The van der Waals surface area contributed by atoms with E-state index in [1.165, 1.54) is 23.7 Å². The molecule has 1 rings (SSSR count). The van der Waals surface area contributed by atoms with Gasteiger partial charge in [0.1, 0.15) is 33.4 Å². The smallest absolute Gasteiger partial charge is 0.322 e. The number of carbonyl (C=O) groups excluding carboxylic acids is 4. The molecule has 0 heterocycles. The molecule has 0 fully saturated rings. The fourth-order valence-corrected chi connectivity index (χ4v) is 2.77. The van der Waals surface area contributed by atoms with Gasteiger partial charge in [-0.3, -0.25) is 24.4 Å². The van der Waals surface area contributed by atoms with Gasteiger partial charge in [0, 0.05) is 6.42 Å². The van der Waals surface area contributed by atoms with Crippen LogP contribution in [0.1, 0.15) is 57.0 Å². The van der Waals surface area contributed by atoms with Gasteiger partial charge in [0.25, 0.3) is 5.91 Å². The first-order valence-electron chi connectivity index (χ1n) is 10.0. The summed E-state index contributed by atoms with van der Waals surface area (Å²) in [6, 6.07) is 4.17. The largest absolute Gasteiger partial charge is 0.507 e. The minimum atomic E-state index is -1.30. The lowest BCUT2D eigenvalue weighted by Gasteiger charge is -2.29. The molecule has 0 saturated heterocycles. The number of alkyl halides is 2. The van der Waals surface area contributed by atoms with Crippen molar-refractivity contribution in [1.82, 2.24) is 5.48 Å². The number of aromatic hydroxyl groups is 1. The summed E-state index contributed by atoms with van der Waals surface area (Å²) in [4.78, 5) is 48.9. The molecule has 0 atom stereocenters. The molecular formula is C22H29Br2NO8. The molecule has 0 aliphatic rings. The summed E-state index contributed by atoms with van der Waals surface area (Å²) in [6.07, 6.45) is 0.199. The molecule has 1 amide bonds. The molecular weight excluding hydrogens is 566 g/mol. The van der Waals surface area contributed by atoms with Gasteiger partial charge in [0.15, 0.2) is 0 Å². The van der Waals surface area contributed by atoms with Crippen LogP contribution in [0.15, 0.2) is 18.2 Å². The zero-order chi connectivity index (χ0) is 25.6. The van der Waals surface area contributed by atoms with Gasteiger partial charge in [0.05, 0.1) is 11.0 Å². The number of nitrogens with one attached hydrogen (secondary N) is 1. The number of aryl methyl sites for hydroxylation is 1. The molecule has 0 spiro atoms. The van der Waals surface area contributed by atoms with Gasteiger partial charge in [-0.15, -0.1) is 0 Å². The number of rotatable bonds is 11. The summed E-state index contributed by atoms with van der Waals surface area (Å²) in [6.45, 7) is 7.38. The second kappa shape index (κ2) is 11.4. The third-order valence-corrected chi connectivity index (χ3v) is 5.38. The number of benzene rings is 1. The molecule has 9 nitrogen and oxygen atoms in total. The molecule has 0 aromatic heterocycles. The SMILES string of the molecule is CC(C)(Br)C(=O)OCC(C)(COC(=O)C(C)(C)Br)C(=O)CCc1ccc(C(=O)NO)c(O)c1. The molecule has 0 aliphatic carbocycles. The van der Waals surface area contributed by atoms with Gasteiger partial charge < -0.3 is 14.6 Å². The predicted octanol–water partition coefficient (Wildman–Crippen LogP) is 3.45.